The average molecular weight is 104 g/mol. The molecule has 0 unspecified atom stereocenters. The molecule has 0 amide bonds. The number of hydrogen-bond donors (Lipinski definition) is 1. The van der Waals surface area contributed by atoms with Gasteiger partial charge in [-0.2, -0.15) is 0 Å². The van der Waals surface area contributed by atoms with Gasteiger partial charge in [-0.1, -0.05) is 0 Å². The molecule has 0 heterocycles. The van der Waals surface area contributed by atoms with E-state index in [0.717, 1.165) is 0 Å². The predicted octanol–water partition coefficient (Wildman–Crippen LogP) is -0.491. The first-order chi connectivity index (χ1) is 3.35. The Morgan fingerprint density at radius 1 is 1.43 bits per heavy atom. The van der Waals surface area contributed by atoms with Crippen LogP contribution in [0, 0.1) is 0 Å². The molecule has 0 radical (unpaired) electrons. The van der Waals surface area contributed by atoms with Gasteiger partial charge in [0.1, 0.15) is 0 Å². The van der Waals surface area contributed by atoms with Crippen LogP contribution in [0.3, 0.4) is 0 Å². The summed E-state index contributed by atoms with van der Waals surface area (Å²) < 4.78 is 8.90. The maximum atomic E-state index is 4.73. The van der Waals surface area contributed by atoms with E-state index in [1.165, 1.54) is 14.2 Å². The van der Waals surface area contributed by atoms with Gasteiger partial charge in [-0.3, -0.25) is 0 Å². The number of rotatable bonds is 0. The molecule has 2 N–H and O–H groups in total. The summed E-state index contributed by atoms with van der Waals surface area (Å²) in [5.41, 5.74) is 0. The second-order valence-electron chi connectivity index (χ2n) is 0.803. The predicted molar refractivity (Wildman–Crippen MR) is 25.6 cm³/mol. The molecule has 0 aliphatic heterocycles. The Balaban J connectivity index is 3.38. The molecule has 0 aliphatic carbocycles. The van der Waals surface area contributed by atoms with Crippen molar-refractivity contribution >= 4 is 6.08 Å². The Bertz CT molecular complexity index is 65.3. The van der Waals surface area contributed by atoms with Crippen molar-refractivity contribution in [1.29, 1.82) is 0 Å². The van der Waals surface area contributed by atoms with E-state index in [1.54, 1.807) is 0 Å². The molecule has 0 saturated heterocycles. The maximum Gasteiger partial charge on any atom is 0.404 e. The minimum Gasteiger partial charge on any atom is -0.453 e. The molecule has 0 spiro atoms. The summed E-state index contributed by atoms with van der Waals surface area (Å²) >= 11 is 0. The van der Waals surface area contributed by atoms with Crippen LogP contribution in [0.2, 0.25) is 0 Å². The van der Waals surface area contributed by atoms with Gasteiger partial charge in [0.25, 0.3) is 0 Å². The first-order valence-electron chi connectivity index (χ1n) is 1.71. The molecule has 0 rings (SSSR count). The zero-order chi connectivity index (χ0) is 5.70. The van der Waals surface area contributed by atoms with Gasteiger partial charge in [-0.25, -0.2) is 0 Å². The Hall–Kier alpha value is -0.930. The van der Waals surface area contributed by atoms with Gasteiger partial charge in [0.05, 0.1) is 14.2 Å². The van der Waals surface area contributed by atoms with E-state index in [9.17, 15) is 0 Å². The molecular formula is C3H8N2O2. The average Bonchev–Trinajstić information content (AvgIpc) is 1.72. The Morgan fingerprint density at radius 2 is 1.86 bits per heavy atom. The van der Waals surface area contributed by atoms with Crippen LogP contribution in [0.4, 0.5) is 0 Å². The molecule has 42 valence electrons. The van der Waals surface area contributed by atoms with Gasteiger partial charge < -0.3 is 15.3 Å². The summed E-state index contributed by atoms with van der Waals surface area (Å²) in [6, 6.07) is 0. The molecule has 0 aromatic carbocycles. The van der Waals surface area contributed by atoms with Crippen molar-refractivity contribution in [3.63, 3.8) is 0 Å². The summed E-state index contributed by atoms with van der Waals surface area (Å²) in [6.45, 7) is 0. The Labute approximate surface area is 41.9 Å². The van der Waals surface area contributed by atoms with Crippen LogP contribution in [0.15, 0.2) is 5.10 Å². The van der Waals surface area contributed by atoms with Crippen molar-refractivity contribution < 1.29 is 9.47 Å². The molecule has 4 heteroatoms. The third-order valence-corrected chi connectivity index (χ3v) is 0.455. The van der Waals surface area contributed by atoms with Gasteiger partial charge in [0.15, 0.2) is 0 Å². The van der Waals surface area contributed by atoms with E-state index in [4.69, 9.17) is 5.84 Å². The van der Waals surface area contributed by atoms with Crippen LogP contribution >= 0.6 is 0 Å². The van der Waals surface area contributed by atoms with Crippen molar-refractivity contribution in [2.45, 2.75) is 0 Å². The summed E-state index contributed by atoms with van der Waals surface area (Å²) in [4.78, 5) is 0. The summed E-state index contributed by atoms with van der Waals surface area (Å²) in [5.74, 6) is 4.73. The molecule has 0 saturated carbocycles. The van der Waals surface area contributed by atoms with E-state index in [1.807, 2.05) is 0 Å². The highest BCUT2D eigenvalue weighted by molar-refractivity contribution is 5.65. The summed E-state index contributed by atoms with van der Waals surface area (Å²) in [5, 5.41) is 3.10. The van der Waals surface area contributed by atoms with E-state index in [0.29, 0.717) is 0 Å². The molecule has 0 atom stereocenters. The van der Waals surface area contributed by atoms with Crippen LogP contribution in [-0.2, 0) is 9.47 Å². The number of hydrogen-bond acceptors (Lipinski definition) is 4. The fraction of sp³-hybridized carbons (Fsp3) is 0.667. The van der Waals surface area contributed by atoms with E-state index < -0.39 is 0 Å². The molecule has 0 fully saturated rings. The second-order valence-corrected chi connectivity index (χ2v) is 0.803. The third-order valence-electron chi connectivity index (χ3n) is 0.455. The van der Waals surface area contributed by atoms with E-state index >= 15 is 0 Å². The third kappa shape index (κ3) is 1.86. The maximum absolute atomic E-state index is 4.73. The standard InChI is InChI=1S/C3H8N2O2/c1-6-3(5-4)7-2/h4H2,1-2H3. The number of nitrogens with two attached hydrogens (primary N) is 1. The lowest BCUT2D eigenvalue weighted by Crippen LogP contribution is -2.05. The zero-order valence-electron chi connectivity index (χ0n) is 4.34. The highest BCUT2D eigenvalue weighted by Crippen LogP contribution is 1.72. The molecule has 0 aliphatic rings. The molecule has 0 bridgehead atoms. The Morgan fingerprint density at radius 3 is 1.86 bits per heavy atom. The highest BCUT2D eigenvalue weighted by atomic mass is 16.7. The quantitative estimate of drug-likeness (QED) is 0.195. The lowest BCUT2D eigenvalue weighted by molar-refractivity contribution is 0.241. The summed E-state index contributed by atoms with van der Waals surface area (Å²) in [6.07, 6.45) is 0.0833. The van der Waals surface area contributed by atoms with Gasteiger partial charge in [-0.05, 0) is 0 Å². The highest BCUT2D eigenvalue weighted by Gasteiger charge is 1.87. The van der Waals surface area contributed by atoms with Gasteiger partial charge in [0.2, 0.25) is 0 Å². The van der Waals surface area contributed by atoms with Crippen molar-refractivity contribution in [2.75, 3.05) is 14.2 Å². The van der Waals surface area contributed by atoms with Crippen molar-refractivity contribution in [2.24, 2.45) is 10.9 Å². The second kappa shape index (κ2) is 3.27. The molecular weight excluding hydrogens is 96.0 g/mol. The van der Waals surface area contributed by atoms with Crippen LogP contribution in [-0.4, -0.2) is 20.3 Å². The topological polar surface area (TPSA) is 56.8 Å². The first-order valence-corrected chi connectivity index (χ1v) is 1.71. The van der Waals surface area contributed by atoms with E-state index in [-0.39, 0.29) is 6.08 Å². The number of hydrazone groups is 1. The smallest absolute Gasteiger partial charge is 0.404 e. The monoisotopic (exact) mass is 104 g/mol. The Kier molecular flexibility index (Phi) is 2.83. The lowest BCUT2D eigenvalue weighted by Gasteiger charge is -1.96. The zero-order valence-corrected chi connectivity index (χ0v) is 4.34. The van der Waals surface area contributed by atoms with Gasteiger partial charge in [-0.15, -0.1) is 5.10 Å². The lowest BCUT2D eigenvalue weighted by atomic mass is 11.2. The van der Waals surface area contributed by atoms with Crippen molar-refractivity contribution in [3.05, 3.63) is 0 Å². The number of nitrogens with zero attached hydrogens (tertiary/aromatic N) is 1. The van der Waals surface area contributed by atoms with Gasteiger partial charge in [0, 0.05) is 0 Å². The minimum absolute atomic E-state index is 0.0833. The SMILES string of the molecule is COC(=NN)OC. The minimum atomic E-state index is 0.0833. The van der Waals surface area contributed by atoms with Crippen LogP contribution in [0.1, 0.15) is 0 Å². The van der Waals surface area contributed by atoms with Crippen LogP contribution in [0.25, 0.3) is 0 Å². The molecule has 0 aromatic heterocycles. The number of ether oxygens (including phenoxy) is 2. The van der Waals surface area contributed by atoms with E-state index in [2.05, 4.69) is 14.6 Å². The molecule has 0 aromatic rings. The fourth-order valence-electron chi connectivity index (χ4n) is 0.189. The van der Waals surface area contributed by atoms with Crippen molar-refractivity contribution in [3.8, 4) is 0 Å². The largest absolute Gasteiger partial charge is 0.453 e. The number of methoxy groups -OCH3 is 2. The summed E-state index contributed by atoms with van der Waals surface area (Å²) in [7, 11) is 2.85. The molecule has 4 nitrogen and oxygen atoms in total. The van der Waals surface area contributed by atoms with Crippen molar-refractivity contribution in [1.82, 2.24) is 0 Å². The molecule has 7 heavy (non-hydrogen) atoms. The van der Waals surface area contributed by atoms with Crippen LogP contribution in [0.5, 0.6) is 0 Å². The van der Waals surface area contributed by atoms with Gasteiger partial charge >= 0.3 is 6.08 Å². The fourth-order valence-corrected chi connectivity index (χ4v) is 0.189. The van der Waals surface area contributed by atoms with Crippen LogP contribution < -0.4 is 5.84 Å². The first kappa shape index (κ1) is 6.07. The normalized spacial score (nSPS) is 7.14.